The lowest BCUT2D eigenvalue weighted by atomic mass is 10.3. The van der Waals surface area contributed by atoms with E-state index in [0.29, 0.717) is 16.9 Å². The van der Waals surface area contributed by atoms with Gasteiger partial charge in [0.15, 0.2) is 0 Å². The molecule has 1 aromatic carbocycles. The lowest BCUT2D eigenvalue weighted by molar-refractivity contribution is -0.115. The second-order valence-corrected chi connectivity index (χ2v) is 8.59. The molecule has 8 heteroatoms. The number of nitrogens with one attached hydrogen (secondary N) is 1. The number of nitrogens with zero attached hydrogens (tertiary/aromatic N) is 5. The van der Waals surface area contributed by atoms with Gasteiger partial charge in [-0.3, -0.25) is 4.79 Å². The maximum absolute atomic E-state index is 12.7. The molecule has 1 amide bonds. The van der Waals surface area contributed by atoms with Crippen molar-refractivity contribution in [2.75, 3.05) is 5.32 Å². The molecule has 1 N–H and O–H groups in total. The SMILES string of the molecule is CC(Sc1nc(C2CC2)n(-c2ccccc2)n1)C(=O)Nc1ccnn1C(C)C. The Labute approximate surface area is 168 Å². The molecule has 3 aromatic rings. The summed E-state index contributed by atoms with van der Waals surface area (Å²) in [4.78, 5) is 17.4. The summed E-state index contributed by atoms with van der Waals surface area (Å²) in [6, 6.07) is 12.0. The molecule has 0 bridgehead atoms. The fraction of sp³-hybridized carbons (Fsp3) is 0.400. The van der Waals surface area contributed by atoms with Crippen LogP contribution in [0.5, 0.6) is 0 Å². The van der Waals surface area contributed by atoms with Crippen LogP contribution in [0.15, 0.2) is 47.8 Å². The van der Waals surface area contributed by atoms with Gasteiger partial charge in [0.1, 0.15) is 11.6 Å². The highest BCUT2D eigenvalue weighted by molar-refractivity contribution is 8.00. The zero-order valence-corrected chi connectivity index (χ0v) is 17.1. The fourth-order valence-corrected chi connectivity index (χ4v) is 3.74. The number of aromatic nitrogens is 5. The first kappa shape index (κ1) is 18.7. The molecule has 146 valence electrons. The Balaban J connectivity index is 1.49. The lowest BCUT2D eigenvalue weighted by Gasteiger charge is -2.14. The van der Waals surface area contributed by atoms with Gasteiger partial charge in [-0.1, -0.05) is 30.0 Å². The Hall–Kier alpha value is -2.61. The number of anilines is 1. The van der Waals surface area contributed by atoms with E-state index in [9.17, 15) is 4.79 Å². The Bertz CT molecular complexity index is 960. The summed E-state index contributed by atoms with van der Waals surface area (Å²) in [5, 5.41) is 12.2. The van der Waals surface area contributed by atoms with Crippen LogP contribution in [0.25, 0.3) is 5.69 Å². The summed E-state index contributed by atoms with van der Waals surface area (Å²) < 4.78 is 3.71. The van der Waals surface area contributed by atoms with Crippen molar-refractivity contribution in [3.8, 4) is 5.69 Å². The van der Waals surface area contributed by atoms with Crippen LogP contribution in [0.3, 0.4) is 0 Å². The van der Waals surface area contributed by atoms with Crippen LogP contribution >= 0.6 is 11.8 Å². The van der Waals surface area contributed by atoms with Gasteiger partial charge in [0.05, 0.1) is 17.1 Å². The molecule has 1 atom stereocenters. The van der Waals surface area contributed by atoms with Crippen molar-refractivity contribution in [3.05, 3.63) is 48.4 Å². The largest absolute Gasteiger partial charge is 0.310 e. The van der Waals surface area contributed by atoms with Crippen molar-refractivity contribution in [1.29, 1.82) is 0 Å². The number of carbonyl (C=O) groups excluding carboxylic acids is 1. The van der Waals surface area contributed by atoms with E-state index in [1.165, 1.54) is 11.8 Å². The molecular formula is C20H24N6OS. The van der Waals surface area contributed by atoms with Crippen molar-refractivity contribution < 1.29 is 4.79 Å². The molecule has 1 fully saturated rings. The van der Waals surface area contributed by atoms with Crippen LogP contribution in [0.4, 0.5) is 5.82 Å². The molecule has 0 spiro atoms. The predicted octanol–water partition coefficient (Wildman–Crippen LogP) is 4.04. The van der Waals surface area contributed by atoms with Crippen molar-refractivity contribution >= 4 is 23.5 Å². The Kier molecular flexibility index (Phi) is 5.21. The van der Waals surface area contributed by atoms with E-state index in [1.807, 2.05) is 61.9 Å². The van der Waals surface area contributed by atoms with Gasteiger partial charge in [0.2, 0.25) is 11.1 Å². The van der Waals surface area contributed by atoms with Crippen molar-refractivity contribution in [1.82, 2.24) is 24.5 Å². The summed E-state index contributed by atoms with van der Waals surface area (Å²) in [7, 11) is 0. The van der Waals surface area contributed by atoms with E-state index >= 15 is 0 Å². The average Bonchev–Trinajstić information content (AvgIpc) is 3.28. The van der Waals surface area contributed by atoms with Gasteiger partial charge < -0.3 is 5.32 Å². The molecule has 7 nitrogen and oxygen atoms in total. The van der Waals surface area contributed by atoms with Crippen LogP contribution < -0.4 is 5.32 Å². The third-order valence-electron chi connectivity index (χ3n) is 4.62. The topological polar surface area (TPSA) is 77.6 Å². The Morgan fingerprint density at radius 3 is 2.61 bits per heavy atom. The number of rotatable bonds is 7. The Morgan fingerprint density at radius 1 is 1.18 bits per heavy atom. The van der Waals surface area contributed by atoms with E-state index < -0.39 is 0 Å². The summed E-state index contributed by atoms with van der Waals surface area (Å²) in [6.45, 7) is 5.93. The van der Waals surface area contributed by atoms with Crippen molar-refractivity contribution in [3.63, 3.8) is 0 Å². The van der Waals surface area contributed by atoms with Crippen LogP contribution in [0.2, 0.25) is 0 Å². The molecule has 1 aliphatic carbocycles. The number of amides is 1. The maximum atomic E-state index is 12.7. The predicted molar refractivity (Wildman–Crippen MR) is 110 cm³/mol. The summed E-state index contributed by atoms with van der Waals surface area (Å²) in [5.41, 5.74) is 1.00. The number of benzene rings is 1. The zero-order chi connectivity index (χ0) is 19.7. The number of carbonyl (C=O) groups is 1. The van der Waals surface area contributed by atoms with Gasteiger partial charge in [0, 0.05) is 18.0 Å². The highest BCUT2D eigenvalue weighted by Gasteiger charge is 2.31. The fourth-order valence-electron chi connectivity index (χ4n) is 2.98. The monoisotopic (exact) mass is 396 g/mol. The summed E-state index contributed by atoms with van der Waals surface area (Å²) in [6.07, 6.45) is 3.98. The normalized spacial score (nSPS) is 15.0. The van der Waals surface area contributed by atoms with Gasteiger partial charge in [-0.15, -0.1) is 5.10 Å². The van der Waals surface area contributed by atoms with E-state index in [2.05, 4.69) is 15.5 Å². The number of para-hydroxylation sites is 1. The second-order valence-electron chi connectivity index (χ2n) is 7.28. The molecule has 4 rings (SSSR count). The first-order valence-corrected chi connectivity index (χ1v) is 10.4. The Morgan fingerprint density at radius 2 is 1.93 bits per heavy atom. The summed E-state index contributed by atoms with van der Waals surface area (Å²) >= 11 is 1.38. The van der Waals surface area contributed by atoms with Crippen LogP contribution in [0.1, 0.15) is 51.4 Å². The van der Waals surface area contributed by atoms with Crippen LogP contribution in [-0.4, -0.2) is 35.7 Å². The van der Waals surface area contributed by atoms with E-state index in [4.69, 9.17) is 4.98 Å². The third kappa shape index (κ3) is 3.96. The van der Waals surface area contributed by atoms with E-state index in [1.54, 1.807) is 10.9 Å². The molecule has 1 saturated carbocycles. The molecule has 1 unspecified atom stereocenters. The highest BCUT2D eigenvalue weighted by Crippen LogP contribution is 2.40. The number of hydrogen-bond donors (Lipinski definition) is 1. The van der Waals surface area contributed by atoms with Gasteiger partial charge in [-0.05, 0) is 45.7 Å². The molecule has 0 aliphatic heterocycles. The van der Waals surface area contributed by atoms with E-state index in [-0.39, 0.29) is 17.2 Å². The first-order valence-electron chi connectivity index (χ1n) is 9.56. The molecular weight excluding hydrogens is 372 g/mol. The maximum Gasteiger partial charge on any atom is 0.238 e. The van der Waals surface area contributed by atoms with Gasteiger partial charge in [-0.25, -0.2) is 14.3 Å². The molecule has 2 heterocycles. The smallest absolute Gasteiger partial charge is 0.238 e. The highest BCUT2D eigenvalue weighted by atomic mass is 32.2. The van der Waals surface area contributed by atoms with Crippen molar-refractivity contribution in [2.24, 2.45) is 0 Å². The van der Waals surface area contributed by atoms with Crippen LogP contribution in [-0.2, 0) is 4.79 Å². The molecule has 0 saturated heterocycles. The molecule has 2 aromatic heterocycles. The second kappa shape index (κ2) is 7.79. The summed E-state index contributed by atoms with van der Waals surface area (Å²) in [5.74, 6) is 2.07. The average molecular weight is 397 g/mol. The van der Waals surface area contributed by atoms with Gasteiger partial charge in [-0.2, -0.15) is 5.10 Å². The van der Waals surface area contributed by atoms with Gasteiger partial charge in [0.25, 0.3) is 0 Å². The number of hydrogen-bond acceptors (Lipinski definition) is 5. The van der Waals surface area contributed by atoms with Crippen LogP contribution in [0, 0.1) is 0 Å². The van der Waals surface area contributed by atoms with E-state index in [0.717, 1.165) is 24.4 Å². The van der Waals surface area contributed by atoms with Crippen molar-refractivity contribution in [2.45, 2.75) is 56.0 Å². The molecule has 1 aliphatic rings. The standard InChI is InChI=1S/C20H24N6OS/c1-13(2)25-17(11-12-21-25)22-19(27)14(3)28-20-23-18(15-9-10-15)26(24-20)16-7-5-4-6-8-16/h4-8,11-15H,9-10H2,1-3H3,(H,22,27). The lowest BCUT2D eigenvalue weighted by Crippen LogP contribution is -2.24. The van der Waals surface area contributed by atoms with Gasteiger partial charge >= 0.3 is 0 Å². The number of thioether (sulfide) groups is 1. The minimum atomic E-state index is -0.325. The molecule has 0 radical (unpaired) electrons. The molecule has 28 heavy (non-hydrogen) atoms. The minimum absolute atomic E-state index is 0.0866. The zero-order valence-electron chi connectivity index (χ0n) is 16.2. The first-order chi connectivity index (χ1) is 13.5. The quantitative estimate of drug-likeness (QED) is 0.610. The third-order valence-corrected chi connectivity index (χ3v) is 5.57. The minimum Gasteiger partial charge on any atom is -0.310 e.